The van der Waals surface area contributed by atoms with E-state index in [0.717, 1.165) is 0 Å². The number of hydrogen-bond donors (Lipinski definition) is 1. The molecule has 2 N–H and O–H groups in total. The molecule has 2 aromatic rings. The fraction of sp³-hybridized carbons (Fsp3) is 0.231. The number of nitriles is 1. The molecule has 0 aliphatic carbocycles. The molecule has 0 aromatic heterocycles. The Morgan fingerprint density at radius 2 is 1.67 bits per heavy atom. The van der Waals surface area contributed by atoms with Gasteiger partial charge in [0.2, 0.25) is 0 Å². The first-order valence-electron chi connectivity index (χ1n) is 11.1. The summed E-state index contributed by atoms with van der Waals surface area (Å²) in [7, 11) is 2.38. The number of nitrogens with two attached hydrogens (primary N) is 1. The van der Waals surface area contributed by atoms with Gasteiger partial charge in [0.05, 0.1) is 44.0 Å². The first kappa shape index (κ1) is 24.5. The molecule has 2 aliphatic rings. The number of carbonyl (C=O) groups excluding carboxylic acids is 3. The highest BCUT2D eigenvalue weighted by Crippen LogP contribution is 2.43. The Morgan fingerprint density at radius 3 is 2.25 bits per heavy atom. The molecule has 1 fully saturated rings. The van der Waals surface area contributed by atoms with Crippen LogP contribution in [0, 0.1) is 11.3 Å². The number of hydrogen-bond acceptors (Lipinski definition) is 9. The number of rotatable bonds is 5. The van der Waals surface area contributed by atoms with Gasteiger partial charge in [-0.1, -0.05) is 30.3 Å². The summed E-state index contributed by atoms with van der Waals surface area (Å²) in [4.78, 5) is 41.3. The maximum absolute atomic E-state index is 13.1. The van der Waals surface area contributed by atoms with Crippen LogP contribution >= 0.6 is 0 Å². The molecule has 36 heavy (non-hydrogen) atoms. The summed E-state index contributed by atoms with van der Waals surface area (Å²) in [6, 6.07) is 17.5. The number of benzene rings is 2. The van der Waals surface area contributed by atoms with Crippen molar-refractivity contribution in [3.05, 3.63) is 82.8 Å². The second kappa shape index (κ2) is 10.3. The molecular formula is C26H24N4O6. The second-order valence-corrected chi connectivity index (χ2v) is 7.95. The molecule has 1 saturated heterocycles. The number of amides is 1. The minimum Gasteiger partial charge on any atom is -0.466 e. The van der Waals surface area contributed by atoms with Gasteiger partial charge in [-0.2, -0.15) is 5.26 Å². The van der Waals surface area contributed by atoms with Crippen LogP contribution in [0.2, 0.25) is 0 Å². The molecule has 0 spiro atoms. The van der Waals surface area contributed by atoms with Crippen molar-refractivity contribution in [1.82, 2.24) is 0 Å². The molecule has 1 atom stereocenters. The zero-order valence-corrected chi connectivity index (χ0v) is 19.8. The molecule has 1 unspecified atom stereocenters. The lowest BCUT2D eigenvalue weighted by molar-refractivity contribution is -0.139. The molecule has 10 heteroatoms. The predicted molar refractivity (Wildman–Crippen MR) is 129 cm³/mol. The van der Waals surface area contributed by atoms with Gasteiger partial charge in [0.15, 0.2) is 0 Å². The Labute approximate surface area is 207 Å². The van der Waals surface area contributed by atoms with E-state index in [1.807, 2.05) is 0 Å². The smallest absolute Gasteiger partial charge is 0.355 e. The van der Waals surface area contributed by atoms with Crippen molar-refractivity contribution >= 4 is 29.2 Å². The lowest BCUT2D eigenvalue weighted by Gasteiger charge is -2.36. The van der Waals surface area contributed by atoms with Gasteiger partial charge in [-0.05, 0) is 29.8 Å². The lowest BCUT2D eigenvalue weighted by atomic mass is 9.81. The van der Waals surface area contributed by atoms with E-state index in [1.54, 1.807) is 59.5 Å². The van der Waals surface area contributed by atoms with Crippen molar-refractivity contribution in [3.8, 4) is 6.07 Å². The molecule has 2 heterocycles. The second-order valence-electron chi connectivity index (χ2n) is 7.95. The third-order valence-corrected chi connectivity index (χ3v) is 6.02. The molecule has 184 valence electrons. The molecule has 0 saturated carbocycles. The summed E-state index contributed by atoms with van der Waals surface area (Å²) in [5, 5.41) is 10.1. The zero-order chi connectivity index (χ0) is 25.8. The monoisotopic (exact) mass is 488 g/mol. The normalized spacial score (nSPS) is 18.1. The quantitative estimate of drug-likeness (QED) is 0.627. The average Bonchev–Trinajstić information content (AvgIpc) is 2.92. The van der Waals surface area contributed by atoms with E-state index in [-0.39, 0.29) is 35.2 Å². The van der Waals surface area contributed by atoms with Crippen molar-refractivity contribution < 1.29 is 28.6 Å². The van der Waals surface area contributed by atoms with Crippen LogP contribution in [0.4, 0.5) is 11.4 Å². The number of methoxy groups -OCH3 is 2. The minimum atomic E-state index is -0.945. The Hall–Kier alpha value is -4.62. The Bertz CT molecular complexity index is 1290. The molecular weight excluding hydrogens is 464 g/mol. The highest BCUT2D eigenvalue weighted by atomic mass is 16.5. The van der Waals surface area contributed by atoms with Gasteiger partial charge in [-0.3, -0.25) is 9.69 Å². The third-order valence-electron chi connectivity index (χ3n) is 6.02. The number of ether oxygens (including phenoxy) is 3. The number of nitrogens with zero attached hydrogens (tertiary/aromatic N) is 3. The van der Waals surface area contributed by atoms with Crippen LogP contribution in [0.5, 0.6) is 0 Å². The van der Waals surface area contributed by atoms with E-state index in [4.69, 9.17) is 19.9 Å². The number of anilines is 2. The van der Waals surface area contributed by atoms with Crippen LogP contribution in [-0.2, 0) is 28.6 Å². The van der Waals surface area contributed by atoms with Crippen LogP contribution in [-0.4, -0.2) is 51.8 Å². The molecule has 0 bridgehead atoms. The van der Waals surface area contributed by atoms with Gasteiger partial charge in [0.25, 0.3) is 5.91 Å². The van der Waals surface area contributed by atoms with E-state index in [2.05, 4.69) is 6.07 Å². The third kappa shape index (κ3) is 4.28. The highest BCUT2D eigenvalue weighted by molar-refractivity contribution is 6.06. The predicted octanol–water partition coefficient (Wildman–Crippen LogP) is 1.95. The Balaban J connectivity index is 1.90. The lowest BCUT2D eigenvalue weighted by Crippen LogP contribution is -2.42. The van der Waals surface area contributed by atoms with E-state index in [0.29, 0.717) is 30.1 Å². The first-order valence-corrected chi connectivity index (χ1v) is 11.1. The highest BCUT2D eigenvalue weighted by Gasteiger charge is 2.43. The van der Waals surface area contributed by atoms with Crippen LogP contribution in [0.3, 0.4) is 0 Å². The van der Waals surface area contributed by atoms with E-state index in [1.165, 1.54) is 19.1 Å². The summed E-state index contributed by atoms with van der Waals surface area (Å²) in [5.74, 6) is -2.78. The minimum absolute atomic E-state index is 0.00627. The fourth-order valence-electron chi connectivity index (χ4n) is 4.35. The molecule has 1 amide bonds. The SMILES string of the molecule is COC(=O)C1=C(C(=O)OC)N(c2ccc(N3CCOCC3=O)cc2)C(N)=C(C#N)C1c1ccccc1. The van der Waals surface area contributed by atoms with Crippen molar-refractivity contribution in [2.24, 2.45) is 5.73 Å². The van der Waals surface area contributed by atoms with Gasteiger partial charge in [-0.15, -0.1) is 0 Å². The van der Waals surface area contributed by atoms with Crippen molar-refractivity contribution in [2.75, 3.05) is 43.8 Å². The molecule has 10 nitrogen and oxygen atoms in total. The van der Waals surface area contributed by atoms with E-state index >= 15 is 0 Å². The van der Waals surface area contributed by atoms with Gasteiger partial charge < -0.3 is 24.8 Å². The van der Waals surface area contributed by atoms with Gasteiger partial charge in [0, 0.05) is 17.9 Å². The largest absolute Gasteiger partial charge is 0.466 e. The maximum Gasteiger partial charge on any atom is 0.355 e. The maximum atomic E-state index is 13.1. The first-order chi connectivity index (χ1) is 17.4. The number of esters is 2. The molecule has 2 aromatic carbocycles. The van der Waals surface area contributed by atoms with Gasteiger partial charge in [-0.25, -0.2) is 9.59 Å². The Morgan fingerprint density at radius 1 is 1.03 bits per heavy atom. The van der Waals surface area contributed by atoms with Gasteiger partial charge in [0.1, 0.15) is 18.1 Å². The van der Waals surface area contributed by atoms with Crippen LogP contribution < -0.4 is 15.5 Å². The van der Waals surface area contributed by atoms with Crippen molar-refractivity contribution in [3.63, 3.8) is 0 Å². The summed E-state index contributed by atoms with van der Waals surface area (Å²) in [6.07, 6.45) is 0. The standard InChI is InChI=1S/C26H24N4O6/c1-34-25(32)22-21(16-6-4-3-5-7-16)19(14-27)24(28)30(23(22)26(33)35-2)18-10-8-17(9-11-18)29-12-13-36-15-20(29)31/h3-11,21H,12-13,15,28H2,1-2H3. The number of carbonyl (C=O) groups is 3. The average molecular weight is 489 g/mol. The summed E-state index contributed by atoms with van der Waals surface area (Å²) < 4.78 is 15.2. The zero-order valence-electron chi connectivity index (χ0n) is 19.8. The molecule has 4 rings (SSSR count). The van der Waals surface area contributed by atoms with Gasteiger partial charge >= 0.3 is 11.9 Å². The van der Waals surface area contributed by atoms with Crippen LogP contribution in [0.15, 0.2) is 77.3 Å². The summed E-state index contributed by atoms with van der Waals surface area (Å²) in [6.45, 7) is 0.814. The molecule has 0 radical (unpaired) electrons. The van der Waals surface area contributed by atoms with E-state index in [9.17, 15) is 19.6 Å². The molecule has 2 aliphatic heterocycles. The fourth-order valence-corrected chi connectivity index (χ4v) is 4.35. The van der Waals surface area contributed by atoms with Crippen molar-refractivity contribution in [1.29, 1.82) is 5.26 Å². The summed E-state index contributed by atoms with van der Waals surface area (Å²) in [5.41, 5.74) is 7.93. The van der Waals surface area contributed by atoms with E-state index < -0.39 is 17.9 Å². The number of morpholine rings is 1. The Kier molecular flexibility index (Phi) is 7.03. The van der Waals surface area contributed by atoms with Crippen LogP contribution in [0.1, 0.15) is 11.5 Å². The van der Waals surface area contributed by atoms with Crippen molar-refractivity contribution in [2.45, 2.75) is 5.92 Å². The van der Waals surface area contributed by atoms with Crippen LogP contribution in [0.25, 0.3) is 0 Å². The number of allylic oxidation sites excluding steroid dienone is 1. The topological polar surface area (TPSA) is 135 Å². The summed E-state index contributed by atoms with van der Waals surface area (Å²) >= 11 is 0.